The van der Waals surface area contributed by atoms with Crippen molar-refractivity contribution >= 4 is 5.91 Å². The Morgan fingerprint density at radius 3 is 2.38 bits per heavy atom. The largest absolute Gasteiger partial charge is 0.573 e. The summed E-state index contributed by atoms with van der Waals surface area (Å²) in [6, 6.07) is 8.46. The van der Waals surface area contributed by atoms with E-state index in [9.17, 15) is 27.5 Å². The lowest BCUT2D eigenvalue weighted by molar-refractivity contribution is -0.274. The predicted octanol–water partition coefficient (Wildman–Crippen LogP) is 3.24. The molecule has 0 aliphatic carbocycles. The number of hydrogen-bond acceptors (Lipinski definition) is 6. The van der Waals surface area contributed by atoms with Gasteiger partial charge in [0, 0.05) is 11.1 Å². The number of benzene rings is 2. The second-order valence-corrected chi connectivity index (χ2v) is 5.74. The molecule has 11 heteroatoms. The summed E-state index contributed by atoms with van der Waals surface area (Å²) < 4.78 is 58.4. The number of ether oxygens (including phenoxy) is 1. The van der Waals surface area contributed by atoms with E-state index in [0.29, 0.717) is 5.56 Å². The van der Waals surface area contributed by atoms with E-state index in [-0.39, 0.29) is 17.3 Å². The summed E-state index contributed by atoms with van der Waals surface area (Å²) >= 11 is 0. The van der Waals surface area contributed by atoms with Crippen molar-refractivity contribution < 1.29 is 36.7 Å². The van der Waals surface area contributed by atoms with Crippen LogP contribution in [0.1, 0.15) is 22.3 Å². The Morgan fingerprint density at radius 2 is 1.79 bits per heavy atom. The average molecular weight is 411 g/mol. The number of nitrogens with zero attached hydrogens (tertiary/aromatic N) is 2. The van der Waals surface area contributed by atoms with Gasteiger partial charge in [0.15, 0.2) is 0 Å². The number of aliphatic hydroxyl groups is 1. The summed E-state index contributed by atoms with van der Waals surface area (Å²) in [7, 11) is 0. The zero-order valence-electron chi connectivity index (χ0n) is 14.5. The third kappa shape index (κ3) is 5.29. The van der Waals surface area contributed by atoms with Gasteiger partial charge in [0.25, 0.3) is 11.8 Å². The molecule has 0 saturated heterocycles. The van der Waals surface area contributed by atoms with Gasteiger partial charge in [0.2, 0.25) is 5.82 Å². The molecule has 7 nitrogen and oxygen atoms in total. The van der Waals surface area contributed by atoms with Gasteiger partial charge in [0.1, 0.15) is 17.6 Å². The van der Waals surface area contributed by atoms with E-state index in [2.05, 4.69) is 20.2 Å². The summed E-state index contributed by atoms with van der Waals surface area (Å²) in [6.45, 7) is -0.563. The number of halogens is 4. The van der Waals surface area contributed by atoms with Gasteiger partial charge in [-0.2, -0.15) is 4.98 Å². The van der Waals surface area contributed by atoms with Crippen LogP contribution in [-0.2, 0) is 0 Å². The Hall–Kier alpha value is -3.47. The molecule has 152 valence electrons. The van der Waals surface area contributed by atoms with Gasteiger partial charge < -0.3 is 19.7 Å². The highest BCUT2D eigenvalue weighted by molar-refractivity contribution is 5.94. The first-order valence-electron chi connectivity index (χ1n) is 8.12. The van der Waals surface area contributed by atoms with Crippen molar-refractivity contribution in [2.75, 3.05) is 6.61 Å². The molecule has 2 N–H and O–H groups in total. The van der Waals surface area contributed by atoms with Crippen molar-refractivity contribution in [2.45, 2.75) is 12.4 Å². The number of rotatable bonds is 6. The first-order chi connectivity index (χ1) is 13.7. The Kier molecular flexibility index (Phi) is 5.78. The lowest BCUT2D eigenvalue weighted by Gasteiger charge is -2.12. The highest BCUT2D eigenvalue weighted by Gasteiger charge is 2.31. The molecule has 0 saturated carbocycles. The maximum Gasteiger partial charge on any atom is 0.573 e. The normalized spacial score (nSPS) is 12.4. The monoisotopic (exact) mass is 411 g/mol. The van der Waals surface area contributed by atoms with E-state index in [1.165, 1.54) is 24.3 Å². The molecule has 0 spiro atoms. The summed E-state index contributed by atoms with van der Waals surface area (Å²) in [5, 5.41) is 15.7. The van der Waals surface area contributed by atoms with E-state index in [0.717, 1.165) is 24.3 Å². The van der Waals surface area contributed by atoms with Crippen molar-refractivity contribution in [2.24, 2.45) is 0 Å². The summed E-state index contributed by atoms with van der Waals surface area (Å²) in [5.41, 5.74) is 0.487. The number of amides is 1. The minimum Gasteiger partial charge on any atom is -0.406 e. The average Bonchev–Trinajstić information content (AvgIpc) is 3.15. The lowest BCUT2D eigenvalue weighted by atomic mass is 10.2. The third-order valence-electron chi connectivity index (χ3n) is 3.68. The van der Waals surface area contributed by atoms with Gasteiger partial charge >= 0.3 is 6.36 Å². The van der Waals surface area contributed by atoms with Crippen molar-refractivity contribution in [3.63, 3.8) is 0 Å². The van der Waals surface area contributed by atoms with Crippen LogP contribution in [0.2, 0.25) is 0 Å². The molecular formula is C18H13F4N3O4. The van der Waals surface area contributed by atoms with Crippen LogP contribution in [0.3, 0.4) is 0 Å². The number of aromatic nitrogens is 2. The van der Waals surface area contributed by atoms with Crippen LogP contribution in [0.25, 0.3) is 11.4 Å². The zero-order valence-corrected chi connectivity index (χ0v) is 14.5. The highest BCUT2D eigenvalue weighted by atomic mass is 19.4. The Bertz CT molecular complexity index is 972. The first kappa shape index (κ1) is 20.3. The van der Waals surface area contributed by atoms with E-state index >= 15 is 0 Å². The molecule has 1 unspecified atom stereocenters. The van der Waals surface area contributed by atoms with Crippen LogP contribution in [0.15, 0.2) is 53.1 Å². The Labute approximate surface area is 160 Å². The number of alkyl halides is 3. The topological polar surface area (TPSA) is 97.5 Å². The second-order valence-electron chi connectivity index (χ2n) is 5.74. The predicted molar refractivity (Wildman–Crippen MR) is 90.1 cm³/mol. The minimum atomic E-state index is -4.81. The van der Waals surface area contributed by atoms with Crippen LogP contribution in [0.4, 0.5) is 17.6 Å². The van der Waals surface area contributed by atoms with Crippen LogP contribution < -0.4 is 10.1 Å². The molecule has 29 heavy (non-hydrogen) atoms. The SMILES string of the molecule is O=C(NC(CO)c1nc(-c2ccc(OC(F)(F)F)cc2)no1)c1ccc(F)cc1. The Balaban J connectivity index is 1.71. The molecule has 1 atom stereocenters. The molecule has 3 rings (SSSR count). The van der Waals surface area contributed by atoms with E-state index in [4.69, 9.17) is 4.52 Å². The fraction of sp³-hybridized carbons (Fsp3) is 0.167. The second kappa shape index (κ2) is 8.27. The molecule has 3 aromatic rings. The molecule has 0 bridgehead atoms. The molecule has 0 fully saturated rings. The maximum absolute atomic E-state index is 12.9. The standard InChI is InChI=1S/C18H13F4N3O4/c19-12-5-1-11(2-6-12)16(27)23-14(9-26)17-24-15(25-29-17)10-3-7-13(8-4-10)28-18(20,21)22/h1-8,14,26H,9H2,(H,23,27). The van der Waals surface area contributed by atoms with Gasteiger partial charge in [-0.1, -0.05) is 5.16 Å². The lowest BCUT2D eigenvalue weighted by Crippen LogP contribution is -2.31. The summed E-state index contributed by atoms with van der Waals surface area (Å²) in [6.07, 6.45) is -4.81. The Morgan fingerprint density at radius 1 is 1.14 bits per heavy atom. The van der Waals surface area contributed by atoms with Gasteiger partial charge in [-0.15, -0.1) is 13.2 Å². The number of carbonyl (C=O) groups is 1. The van der Waals surface area contributed by atoms with E-state index in [1.807, 2.05) is 0 Å². The van der Waals surface area contributed by atoms with Crippen molar-refractivity contribution in [3.05, 3.63) is 65.8 Å². The molecule has 1 amide bonds. The highest BCUT2D eigenvalue weighted by Crippen LogP contribution is 2.26. The molecule has 0 aliphatic heterocycles. The fourth-order valence-electron chi connectivity index (χ4n) is 2.33. The van der Waals surface area contributed by atoms with Crippen molar-refractivity contribution in [1.29, 1.82) is 0 Å². The van der Waals surface area contributed by atoms with Gasteiger partial charge in [-0.25, -0.2) is 4.39 Å². The number of carbonyl (C=O) groups excluding carboxylic acids is 1. The quantitative estimate of drug-likeness (QED) is 0.605. The zero-order chi connectivity index (χ0) is 21.0. The summed E-state index contributed by atoms with van der Waals surface area (Å²) in [4.78, 5) is 16.2. The minimum absolute atomic E-state index is 0.0352. The molecule has 0 radical (unpaired) electrons. The van der Waals surface area contributed by atoms with Gasteiger partial charge in [-0.05, 0) is 48.5 Å². The molecule has 1 aromatic heterocycles. The van der Waals surface area contributed by atoms with Crippen LogP contribution >= 0.6 is 0 Å². The third-order valence-corrected chi connectivity index (χ3v) is 3.68. The van der Waals surface area contributed by atoms with E-state index < -0.39 is 36.5 Å². The van der Waals surface area contributed by atoms with Crippen LogP contribution in [0, 0.1) is 5.82 Å². The van der Waals surface area contributed by atoms with Crippen LogP contribution in [-0.4, -0.2) is 34.1 Å². The van der Waals surface area contributed by atoms with Crippen molar-refractivity contribution in [3.8, 4) is 17.1 Å². The smallest absolute Gasteiger partial charge is 0.406 e. The van der Waals surface area contributed by atoms with E-state index in [1.54, 1.807) is 0 Å². The number of hydrogen-bond donors (Lipinski definition) is 2. The molecule has 2 aromatic carbocycles. The molecule has 0 aliphatic rings. The van der Waals surface area contributed by atoms with Gasteiger partial charge in [0.05, 0.1) is 6.61 Å². The maximum atomic E-state index is 12.9. The molecular weight excluding hydrogens is 398 g/mol. The first-order valence-corrected chi connectivity index (χ1v) is 8.12. The van der Waals surface area contributed by atoms with Crippen LogP contribution in [0.5, 0.6) is 5.75 Å². The summed E-state index contributed by atoms with van der Waals surface area (Å²) in [5.74, 6) is -1.60. The number of aliphatic hydroxyl groups excluding tert-OH is 1. The number of nitrogens with one attached hydrogen (secondary N) is 1. The fourth-order valence-corrected chi connectivity index (χ4v) is 2.33. The molecule has 1 heterocycles. The van der Waals surface area contributed by atoms with Gasteiger partial charge in [-0.3, -0.25) is 4.79 Å². The van der Waals surface area contributed by atoms with Crippen molar-refractivity contribution in [1.82, 2.24) is 15.5 Å².